The summed E-state index contributed by atoms with van der Waals surface area (Å²) in [5.74, 6) is -0.987. The van der Waals surface area contributed by atoms with Gasteiger partial charge in [0.05, 0.1) is 12.0 Å². The van der Waals surface area contributed by atoms with Crippen LogP contribution < -0.4 is 9.88 Å². The third-order valence-corrected chi connectivity index (χ3v) is 5.08. The fraction of sp³-hybridized carbons (Fsp3) is 0.500. The topological polar surface area (TPSA) is 116 Å². The molecule has 1 aliphatic heterocycles. The van der Waals surface area contributed by atoms with E-state index in [-0.39, 0.29) is 28.2 Å². The number of hydrogen-bond donors (Lipinski definition) is 1. The lowest BCUT2D eigenvalue weighted by atomic mass is 10.0. The van der Waals surface area contributed by atoms with Crippen LogP contribution in [0.5, 0.6) is 5.75 Å². The summed E-state index contributed by atoms with van der Waals surface area (Å²) in [5, 5.41) is 5.07. The Labute approximate surface area is 146 Å². The summed E-state index contributed by atoms with van der Waals surface area (Å²) in [6.07, 6.45) is 2.92. The molecule has 1 amide bonds. The second kappa shape index (κ2) is 7.83. The van der Waals surface area contributed by atoms with Gasteiger partial charge in [-0.1, -0.05) is 0 Å². The largest absolute Gasteiger partial charge is 0.496 e. The summed E-state index contributed by atoms with van der Waals surface area (Å²) in [7, 11) is -2.64. The first-order valence-electron chi connectivity index (χ1n) is 7.91. The number of carbonyl (C=O) groups excluding carboxylic acids is 2. The predicted octanol–water partition coefficient (Wildman–Crippen LogP) is 0.900. The molecule has 8 nitrogen and oxygen atoms in total. The summed E-state index contributed by atoms with van der Waals surface area (Å²) in [6, 6.07) is 3.72. The van der Waals surface area contributed by atoms with E-state index in [2.05, 4.69) is 0 Å². The van der Waals surface area contributed by atoms with Crippen molar-refractivity contribution in [1.82, 2.24) is 4.90 Å². The molecule has 1 aromatic carbocycles. The third kappa shape index (κ3) is 4.70. The van der Waals surface area contributed by atoms with Crippen molar-refractivity contribution in [1.29, 1.82) is 0 Å². The van der Waals surface area contributed by atoms with E-state index in [0.29, 0.717) is 6.54 Å². The van der Waals surface area contributed by atoms with Gasteiger partial charge in [-0.05, 0) is 44.4 Å². The molecule has 138 valence electrons. The van der Waals surface area contributed by atoms with Crippen LogP contribution >= 0.6 is 0 Å². The van der Waals surface area contributed by atoms with E-state index in [9.17, 15) is 18.0 Å². The molecule has 0 unspecified atom stereocenters. The Morgan fingerprint density at radius 1 is 1.32 bits per heavy atom. The fourth-order valence-electron chi connectivity index (χ4n) is 2.78. The van der Waals surface area contributed by atoms with Gasteiger partial charge < -0.3 is 14.4 Å². The number of benzene rings is 1. The van der Waals surface area contributed by atoms with Crippen molar-refractivity contribution in [3.63, 3.8) is 0 Å². The third-order valence-electron chi connectivity index (χ3n) is 4.17. The first kappa shape index (κ1) is 19.2. The molecule has 9 heteroatoms. The first-order valence-corrected chi connectivity index (χ1v) is 9.46. The van der Waals surface area contributed by atoms with E-state index in [0.717, 1.165) is 25.3 Å². The monoisotopic (exact) mass is 370 g/mol. The number of carbonyl (C=O) groups is 2. The average molecular weight is 370 g/mol. The van der Waals surface area contributed by atoms with Gasteiger partial charge in [0.1, 0.15) is 11.3 Å². The van der Waals surface area contributed by atoms with Gasteiger partial charge in [-0.3, -0.25) is 4.79 Å². The van der Waals surface area contributed by atoms with Crippen LogP contribution in [0.2, 0.25) is 0 Å². The predicted molar refractivity (Wildman–Crippen MR) is 89.7 cm³/mol. The number of primary sulfonamides is 1. The SMILES string of the molecule is COc1ccc(S(N)(=O)=O)cc1C(=O)OCC(=O)N1CCCC[C@@H]1C. The molecular weight excluding hydrogens is 348 g/mol. The molecule has 1 atom stereocenters. The zero-order valence-corrected chi connectivity index (χ0v) is 15.0. The maximum Gasteiger partial charge on any atom is 0.342 e. The average Bonchev–Trinajstić information content (AvgIpc) is 2.58. The minimum absolute atomic E-state index is 0.103. The lowest BCUT2D eigenvalue weighted by Gasteiger charge is -2.33. The van der Waals surface area contributed by atoms with E-state index >= 15 is 0 Å². The second-order valence-electron chi connectivity index (χ2n) is 5.92. The van der Waals surface area contributed by atoms with E-state index in [4.69, 9.17) is 14.6 Å². The van der Waals surface area contributed by atoms with E-state index in [1.54, 1.807) is 4.90 Å². The lowest BCUT2D eigenvalue weighted by Crippen LogP contribution is -2.44. The van der Waals surface area contributed by atoms with Gasteiger partial charge in [0.15, 0.2) is 6.61 Å². The van der Waals surface area contributed by atoms with Crippen molar-refractivity contribution in [2.75, 3.05) is 20.3 Å². The van der Waals surface area contributed by atoms with E-state index < -0.39 is 22.6 Å². The maximum absolute atomic E-state index is 12.3. The first-order chi connectivity index (χ1) is 11.7. The quantitative estimate of drug-likeness (QED) is 0.770. The Morgan fingerprint density at radius 2 is 2.04 bits per heavy atom. The number of nitrogens with two attached hydrogens (primary N) is 1. The Kier molecular flexibility index (Phi) is 6.02. The lowest BCUT2D eigenvalue weighted by molar-refractivity contribution is -0.137. The minimum Gasteiger partial charge on any atom is -0.496 e. The number of likely N-dealkylation sites (tertiary alicyclic amines) is 1. The van der Waals surface area contributed by atoms with Gasteiger partial charge in [0.25, 0.3) is 5.91 Å². The summed E-state index contributed by atoms with van der Waals surface area (Å²) in [6.45, 7) is 2.19. The van der Waals surface area contributed by atoms with Crippen molar-refractivity contribution in [3.05, 3.63) is 23.8 Å². The highest BCUT2D eigenvalue weighted by Crippen LogP contribution is 2.23. The summed E-state index contributed by atoms with van der Waals surface area (Å²) in [4.78, 5) is 25.9. The van der Waals surface area contributed by atoms with Crippen LogP contribution in [-0.4, -0.2) is 51.5 Å². The van der Waals surface area contributed by atoms with Crippen LogP contribution in [0.15, 0.2) is 23.1 Å². The summed E-state index contributed by atoms with van der Waals surface area (Å²) < 4.78 is 33.0. The molecule has 1 aromatic rings. The van der Waals surface area contributed by atoms with Crippen LogP contribution in [0, 0.1) is 0 Å². The highest BCUT2D eigenvalue weighted by molar-refractivity contribution is 7.89. The Balaban J connectivity index is 2.11. The van der Waals surface area contributed by atoms with Crippen molar-refractivity contribution >= 4 is 21.9 Å². The molecule has 1 fully saturated rings. The normalized spacial score (nSPS) is 17.9. The molecule has 0 radical (unpaired) electrons. The molecule has 1 saturated heterocycles. The van der Waals surface area contributed by atoms with Crippen molar-refractivity contribution < 1.29 is 27.5 Å². The van der Waals surface area contributed by atoms with Crippen LogP contribution in [0.1, 0.15) is 36.5 Å². The molecule has 1 heterocycles. The van der Waals surface area contributed by atoms with Gasteiger partial charge in [-0.2, -0.15) is 0 Å². The van der Waals surface area contributed by atoms with Gasteiger partial charge in [-0.15, -0.1) is 0 Å². The molecule has 25 heavy (non-hydrogen) atoms. The number of hydrogen-bond acceptors (Lipinski definition) is 6. The Bertz CT molecular complexity index is 762. The van der Waals surface area contributed by atoms with Gasteiger partial charge in [0.2, 0.25) is 10.0 Å². The van der Waals surface area contributed by atoms with Crippen molar-refractivity contribution in [3.8, 4) is 5.75 Å². The van der Waals surface area contributed by atoms with Gasteiger partial charge >= 0.3 is 5.97 Å². The number of amides is 1. The van der Waals surface area contributed by atoms with Crippen molar-refractivity contribution in [2.45, 2.75) is 37.1 Å². The summed E-state index contributed by atoms with van der Waals surface area (Å²) >= 11 is 0. The highest BCUT2D eigenvalue weighted by atomic mass is 32.2. The number of nitrogens with zero attached hydrogens (tertiary/aromatic N) is 1. The molecule has 0 saturated carbocycles. The fourth-order valence-corrected chi connectivity index (χ4v) is 3.32. The molecule has 0 aliphatic carbocycles. The van der Waals surface area contributed by atoms with Crippen molar-refractivity contribution in [2.24, 2.45) is 5.14 Å². The molecule has 0 aromatic heterocycles. The number of esters is 1. The molecular formula is C16H22N2O6S. The minimum atomic E-state index is -3.98. The number of methoxy groups -OCH3 is 1. The Morgan fingerprint density at radius 3 is 2.64 bits per heavy atom. The maximum atomic E-state index is 12.3. The molecule has 2 rings (SSSR count). The second-order valence-corrected chi connectivity index (χ2v) is 7.48. The summed E-state index contributed by atoms with van der Waals surface area (Å²) in [5.41, 5.74) is -0.103. The van der Waals surface area contributed by atoms with Gasteiger partial charge in [-0.25, -0.2) is 18.4 Å². The number of ether oxygens (including phenoxy) is 2. The molecule has 2 N–H and O–H groups in total. The van der Waals surface area contributed by atoms with Crippen LogP contribution in [0.4, 0.5) is 0 Å². The number of piperidine rings is 1. The molecule has 1 aliphatic rings. The van der Waals surface area contributed by atoms with E-state index in [1.807, 2.05) is 6.92 Å². The number of sulfonamides is 1. The zero-order valence-electron chi connectivity index (χ0n) is 14.2. The van der Waals surface area contributed by atoms with E-state index in [1.165, 1.54) is 19.2 Å². The molecule has 0 spiro atoms. The highest BCUT2D eigenvalue weighted by Gasteiger charge is 2.25. The standard InChI is InChI=1S/C16H22N2O6S/c1-11-5-3-4-8-18(11)15(19)10-24-16(20)13-9-12(25(17,21)22)6-7-14(13)23-2/h6-7,9,11H,3-5,8,10H2,1-2H3,(H2,17,21,22)/t11-/m0/s1. The Hall–Kier alpha value is -2.13. The smallest absolute Gasteiger partial charge is 0.342 e. The van der Waals surface area contributed by atoms with Crippen LogP contribution in [0.3, 0.4) is 0 Å². The van der Waals surface area contributed by atoms with Gasteiger partial charge in [0, 0.05) is 12.6 Å². The zero-order chi connectivity index (χ0) is 18.6. The molecule has 0 bridgehead atoms. The van der Waals surface area contributed by atoms with Crippen LogP contribution in [0.25, 0.3) is 0 Å². The van der Waals surface area contributed by atoms with Crippen LogP contribution in [-0.2, 0) is 19.6 Å². The number of rotatable bonds is 5.